The van der Waals surface area contributed by atoms with E-state index >= 15 is 0 Å². The van der Waals surface area contributed by atoms with Crippen LogP contribution in [0.4, 0.5) is 3.89 Å². The first kappa shape index (κ1) is 18.8. The smallest absolute Gasteiger partial charge is 0.480 e. The minimum Gasteiger partial charge on any atom is -0.480 e. The average molecular weight is 348 g/mol. The van der Waals surface area contributed by atoms with Gasteiger partial charge in [0, 0.05) is 0 Å². The van der Waals surface area contributed by atoms with Gasteiger partial charge in [-0.2, -0.15) is 8.42 Å². The highest BCUT2D eigenvalue weighted by Crippen LogP contribution is 2.20. The molecule has 0 aliphatic heterocycles. The van der Waals surface area contributed by atoms with Gasteiger partial charge in [-0.15, -0.1) is 0 Å². The van der Waals surface area contributed by atoms with E-state index in [4.69, 9.17) is 10.8 Å². The first-order valence-electron chi connectivity index (χ1n) is 6.71. The SMILES string of the molecule is NCCCCC(NC(=O)c1ccccc1OS(=O)(=O)F)C(=O)O. The number of halogens is 1. The highest BCUT2D eigenvalue weighted by molar-refractivity contribution is 7.81. The largest absolute Gasteiger partial charge is 0.488 e. The summed E-state index contributed by atoms with van der Waals surface area (Å²) in [6.45, 7) is 0.394. The number of unbranched alkanes of at least 4 members (excludes halogenated alkanes) is 1. The molecule has 0 aliphatic rings. The molecule has 1 amide bonds. The molecule has 0 radical (unpaired) electrons. The lowest BCUT2D eigenvalue weighted by atomic mass is 10.1. The zero-order chi connectivity index (χ0) is 17.5. The molecule has 1 rings (SSSR count). The predicted molar refractivity (Wildman–Crippen MR) is 78.9 cm³/mol. The Labute approximate surface area is 132 Å². The molecule has 1 unspecified atom stereocenters. The third-order valence-electron chi connectivity index (χ3n) is 2.87. The third-order valence-corrected chi connectivity index (χ3v) is 3.25. The standard InChI is InChI=1S/C13H17FN2O6S/c14-23(20,21)22-11-7-2-1-5-9(11)12(17)16-10(13(18)19)6-3-4-8-15/h1-2,5,7,10H,3-4,6,8,15H2,(H,16,17)(H,18,19). The summed E-state index contributed by atoms with van der Waals surface area (Å²) in [6.07, 6.45) is 1.24. The quantitative estimate of drug-likeness (QED) is 0.439. The maximum atomic E-state index is 12.6. The van der Waals surface area contributed by atoms with Gasteiger partial charge in [-0.05, 0) is 37.9 Å². The molecule has 0 aromatic heterocycles. The maximum absolute atomic E-state index is 12.6. The first-order chi connectivity index (χ1) is 10.7. The zero-order valence-electron chi connectivity index (χ0n) is 12.1. The second-order valence-corrected chi connectivity index (χ2v) is 5.57. The molecule has 0 heterocycles. The number of amides is 1. The average Bonchev–Trinajstić information content (AvgIpc) is 2.45. The highest BCUT2D eigenvalue weighted by Gasteiger charge is 2.23. The summed E-state index contributed by atoms with van der Waals surface area (Å²) in [5.41, 5.74) is 5.03. The van der Waals surface area contributed by atoms with Gasteiger partial charge < -0.3 is 20.3 Å². The molecule has 8 nitrogen and oxygen atoms in total. The van der Waals surface area contributed by atoms with Gasteiger partial charge in [0.15, 0.2) is 5.75 Å². The van der Waals surface area contributed by atoms with Crippen molar-refractivity contribution in [3.63, 3.8) is 0 Å². The molecule has 0 saturated carbocycles. The number of nitrogens with one attached hydrogen (secondary N) is 1. The summed E-state index contributed by atoms with van der Waals surface area (Å²) in [7, 11) is -5.31. The summed E-state index contributed by atoms with van der Waals surface area (Å²) < 4.78 is 37.8. The van der Waals surface area contributed by atoms with Crippen molar-refractivity contribution >= 4 is 22.4 Å². The van der Waals surface area contributed by atoms with Crippen LogP contribution in [0.3, 0.4) is 0 Å². The topological polar surface area (TPSA) is 136 Å². The molecule has 0 aliphatic carbocycles. The van der Waals surface area contributed by atoms with Gasteiger partial charge in [-0.25, -0.2) is 4.79 Å². The van der Waals surface area contributed by atoms with E-state index in [1.807, 2.05) is 0 Å². The van der Waals surface area contributed by atoms with Crippen molar-refractivity contribution in [2.24, 2.45) is 5.73 Å². The monoisotopic (exact) mass is 348 g/mol. The predicted octanol–water partition coefficient (Wildman–Crippen LogP) is 0.592. The van der Waals surface area contributed by atoms with Crippen molar-refractivity contribution < 1.29 is 31.2 Å². The molecule has 0 saturated heterocycles. The van der Waals surface area contributed by atoms with Gasteiger partial charge in [-0.1, -0.05) is 16.0 Å². The fourth-order valence-corrected chi connectivity index (χ4v) is 2.18. The molecule has 1 aromatic carbocycles. The van der Waals surface area contributed by atoms with Crippen molar-refractivity contribution in [2.45, 2.75) is 25.3 Å². The van der Waals surface area contributed by atoms with E-state index in [1.165, 1.54) is 18.2 Å². The van der Waals surface area contributed by atoms with Crippen molar-refractivity contribution in [3.8, 4) is 5.75 Å². The van der Waals surface area contributed by atoms with Gasteiger partial charge in [0.2, 0.25) is 0 Å². The Morgan fingerprint density at radius 3 is 2.52 bits per heavy atom. The summed E-state index contributed by atoms with van der Waals surface area (Å²) in [5, 5.41) is 11.3. The van der Waals surface area contributed by atoms with E-state index < -0.39 is 34.2 Å². The fraction of sp³-hybridized carbons (Fsp3) is 0.385. The highest BCUT2D eigenvalue weighted by atomic mass is 32.3. The summed E-state index contributed by atoms with van der Waals surface area (Å²) in [6, 6.07) is 3.83. The van der Waals surface area contributed by atoms with Crippen LogP contribution in [0, 0.1) is 0 Å². The number of aliphatic carboxylic acids is 1. The first-order valence-corrected chi connectivity index (χ1v) is 8.02. The molecular weight excluding hydrogens is 331 g/mol. The number of benzene rings is 1. The number of hydrogen-bond acceptors (Lipinski definition) is 6. The molecule has 1 aromatic rings. The van der Waals surface area contributed by atoms with E-state index in [-0.39, 0.29) is 12.0 Å². The van der Waals surface area contributed by atoms with Crippen molar-refractivity contribution in [3.05, 3.63) is 29.8 Å². The molecule has 10 heteroatoms. The van der Waals surface area contributed by atoms with Crippen LogP contribution < -0.4 is 15.2 Å². The van der Waals surface area contributed by atoms with E-state index in [0.717, 1.165) is 6.07 Å². The Morgan fingerprint density at radius 1 is 1.30 bits per heavy atom. The Bertz CT molecular complexity index is 664. The van der Waals surface area contributed by atoms with Gasteiger partial charge in [0.1, 0.15) is 6.04 Å². The summed E-state index contributed by atoms with van der Waals surface area (Å²) >= 11 is 0. The molecule has 0 bridgehead atoms. The Morgan fingerprint density at radius 2 is 1.96 bits per heavy atom. The number of carboxylic acid groups (broad SMARTS) is 1. The van der Waals surface area contributed by atoms with Crippen LogP contribution in [-0.4, -0.2) is 38.0 Å². The van der Waals surface area contributed by atoms with Crippen molar-refractivity contribution in [1.82, 2.24) is 5.32 Å². The van der Waals surface area contributed by atoms with Crippen LogP contribution >= 0.6 is 0 Å². The van der Waals surface area contributed by atoms with Crippen molar-refractivity contribution in [2.75, 3.05) is 6.54 Å². The second kappa shape index (κ2) is 8.44. The van der Waals surface area contributed by atoms with E-state index in [9.17, 15) is 21.9 Å². The summed E-state index contributed by atoms with van der Waals surface area (Å²) in [5.74, 6) is -2.66. The van der Waals surface area contributed by atoms with Crippen LogP contribution in [-0.2, 0) is 15.3 Å². The van der Waals surface area contributed by atoms with Crippen LogP contribution in [0.25, 0.3) is 0 Å². The maximum Gasteiger partial charge on any atom is 0.488 e. The number of carbonyl (C=O) groups excluding carboxylic acids is 1. The Hall–Kier alpha value is -2.20. The van der Waals surface area contributed by atoms with Crippen LogP contribution in [0.5, 0.6) is 5.75 Å². The summed E-state index contributed by atoms with van der Waals surface area (Å²) in [4.78, 5) is 23.2. The molecule has 4 N–H and O–H groups in total. The number of hydrogen-bond donors (Lipinski definition) is 3. The van der Waals surface area contributed by atoms with Gasteiger partial charge >= 0.3 is 16.5 Å². The van der Waals surface area contributed by atoms with E-state index in [0.29, 0.717) is 19.4 Å². The second-order valence-electron chi connectivity index (χ2n) is 4.62. The minimum absolute atomic E-state index is 0.155. The molecular formula is C13H17FN2O6S. The molecule has 0 fully saturated rings. The van der Waals surface area contributed by atoms with E-state index in [2.05, 4.69) is 9.50 Å². The molecule has 128 valence electrons. The molecule has 1 atom stereocenters. The Balaban J connectivity index is 2.89. The number of nitrogens with two attached hydrogens (primary N) is 1. The lowest BCUT2D eigenvalue weighted by Gasteiger charge is -2.15. The fourth-order valence-electron chi connectivity index (χ4n) is 1.82. The number of carboxylic acids is 1. The molecule has 0 spiro atoms. The lowest BCUT2D eigenvalue weighted by Crippen LogP contribution is -2.41. The minimum atomic E-state index is -5.31. The van der Waals surface area contributed by atoms with Gasteiger partial charge in [0.05, 0.1) is 5.56 Å². The molecule has 23 heavy (non-hydrogen) atoms. The zero-order valence-corrected chi connectivity index (χ0v) is 12.9. The Kier molecular flexibility index (Phi) is 6.91. The van der Waals surface area contributed by atoms with Crippen LogP contribution in [0.1, 0.15) is 29.6 Å². The number of para-hydroxylation sites is 1. The van der Waals surface area contributed by atoms with Crippen LogP contribution in [0.2, 0.25) is 0 Å². The number of rotatable bonds is 9. The van der Waals surface area contributed by atoms with Gasteiger partial charge in [0.25, 0.3) is 5.91 Å². The normalized spacial score (nSPS) is 12.4. The third kappa shape index (κ3) is 6.61. The van der Waals surface area contributed by atoms with Gasteiger partial charge in [-0.3, -0.25) is 4.79 Å². The number of carbonyl (C=O) groups is 2. The van der Waals surface area contributed by atoms with E-state index in [1.54, 1.807) is 0 Å². The van der Waals surface area contributed by atoms with Crippen molar-refractivity contribution in [1.29, 1.82) is 0 Å². The lowest BCUT2D eigenvalue weighted by molar-refractivity contribution is -0.139. The van der Waals surface area contributed by atoms with Crippen LogP contribution in [0.15, 0.2) is 24.3 Å².